The van der Waals surface area contributed by atoms with Crippen LogP contribution in [-0.2, 0) is 14.3 Å². The highest BCUT2D eigenvalue weighted by molar-refractivity contribution is 7.17. The Balaban J connectivity index is 1.34. The standard InChI is InChI=1S/C21H25N5O5S/c1-13-18(32-21(22-13)25-6-8-31-9-7-25)20(29)24-23-19(28)14-10-17(27)26(12-14)15-4-3-5-16(11-15)30-2/h3-5,11,14H,6-10,12H2,1-2H3,(H,23,28)(H,24,29). The molecular formula is C21H25N5O5S. The molecule has 0 radical (unpaired) electrons. The number of carbonyl (C=O) groups excluding carboxylic acids is 3. The van der Waals surface area contributed by atoms with Crippen molar-refractivity contribution >= 4 is 39.9 Å². The molecule has 3 amide bonds. The number of methoxy groups -OCH3 is 1. The van der Waals surface area contributed by atoms with Gasteiger partial charge < -0.3 is 19.3 Å². The number of morpholine rings is 1. The van der Waals surface area contributed by atoms with Gasteiger partial charge in [-0.15, -0.1) is 0 Å². The van der Waals surface area contributed by atoms with Gasteiger partial charge in [-0.25, -0.2) is 4.98 Å². The Morgan fingerprint density at radius 3 is 2.78 bits per heavy atom. The molecule has 3 heterocycles. The minimum atomic E-state index is -0.569. The number of hydrazine groups is 1. The van der Waals surface area contributed by atoms with E-state index in [-0.39, 0.29) is 18.9 Å². The number of aryl methyl sites for hydroxylation is 1. The van der Waals surface area contributed by atoms with Crippen LogP contribution in [0.3, 0.4) is 0 Å². The van der Waals surface area contributed by atoms with Crippen molar-refractivity contribution in [2.45, 2.75) is 13.3 Å². The van der Waals surface area contributed by atoms with Gasteiger partial charge >= 0.3 is 0 Å². The van der Waals surface area contributed by atoms with Crippen molar-refractivity contribution in [3.63, 3.8) is 0 Å². The normalized spacial score (nSPS) is 18.6. The van der Waals surface area contributed by atoms with Crippen LogP contribution in [-0.4, -0.2) is 62.7 Å². The Morgan fingerprint density at radius 2 is 2.03 bits per heavy atom. The Hall–Kier alpha value is -3.18. The molecule has 1 unspecified atom stereocenters. The Labute approximate surface area is 189 Å². The molecule has 32 heavy (non-hydrogen) atoms. The highest BCUT2D eigenvalue weighted by atomic mass is 32.1. The molecule has 11 heteroatoms. The number of benzene rings is 1. The van der Waals surface area contributed by atoms with Gasteiger partial charge in [-0.2, -0.15) is 0 Å². The van der Waals surface area contributed by atoms with E-state index in [2.05, 4.69) is 20.7 Å². The topological polar surface area (TPSA) is 113 Å². The van der Waals surface area contributed by atoms with Crippen molar-refractivity contribution < 1.29 is 23.9 Å². The number of hydrogen-bond acceptors (Lipinski definition) is 8. The second-order valence-electron chi connectivity index (χ2n) is 7.56. The molecule has 0 saturated carbocycles. The smallest absolute Gasteiger partial charge is 0.281 e. The van der Waals surface area contributed by atoms with E-state index in [9.17, 15) is 14.4 Å². The molecule has 4 rings (SSSR count). The molecule has 2 fully saturated rings. The molecule has 2 aromatic rings. The van der Waals surface area contributed by atoms with Gasteiger partial charge in [0.2, 0.25) is 11.8 Å². The van der Waals surface area contributed by atoms with Crippen LogP contribution in [0.5, 0.6) is 5.75 Å². The molecule has 2 saturated heterocycles. The molecule has 10 nitrogen and oxygen atoms in total. The van der Waals surface area contributed by atoms with Crippen LogP contribution < -0.4 is 25.4 Å². The predicted octanol–water partition coefficient (Wildman–Crippen LogP) is 1.11. The Morgan fingerprint density at radius 1 is 1.25 bits per heavy atom. The molecule has 0 spiro atoms. The van der Waals surface area contributed by atoms with Crippen molar-refractivity contribution in [1.82, 2.24) is 15.8 Å². The zero-order valence-corrected chi connectivity index (χ0v) is 18.7. The van der Waals surface area contributed by atoms with Gasteiger partial charge in [0.05, 0.1) is 31.9 Å². The molecule has 2 N–H and O–H groups in total. The minimum Gasteiger partial charge on any atom is -0.497 e. The molecule has 0 aliphatic carbocycles. The van der Waals surface area contributed by atoms with Crippen LogP contribution in [0.4, 0.5) is 10.8 Å². The van der Waals surface area contributed by atoms with E-state index in [1.165, 1.54) is 11.3 Å². The quantitative estimate of drug-likeness (QED) is 0.644. The van der Waals surface area contributed by atoms with Gasteiger partial charge in [0.1, 0.15) is 10.6 Å². The maximum atomic E-state index is 12.6. The van der Waals surface area contributed by atoms with Crippen LogP contribution >= 0.6 is 11.3 Å². The molecule has 2 aliphatic rings. The number of thiazole rings is 1. The summed E-state index contributed by atoms with van der Waals surface area (Å²) < 4.78 is 10.6. The average Bonchev–Trinajstić information content (AvgIpc) is 3.40. The number of rotatable bonds is 5. The number of amides is 3. The number of nitrogens with one attached hydrogen (secondary N) is 2. The summed E-state index contributed by atoms with van der Waals surface area (Å²) in [6, 6.07) is 7.12. The van der Waals surface area contributed by atoms with E-state index in [4.69, 9.17) is 9.47 Å². The first-order chi connectivity index (χ1) is 15.5. The zero-order valence-electron chi connectivity index (χ0n) is 17.9. The monoisotopic (exact) mass is 459 g/mol. The summed E-state index contributed by atoms with van der Waals surface area (Å²) in [7, 11) is 1.55. The minimum absolute atomic E-state index is 0.0691. The van der Waals surface area contributed by atoms with Crippen molar-refractivity contribution in [3.8, 4) is 5.75 Å². The summed E-state index contributed by atoms with van der Waals surface area (Å²) in [5.41, 5.74) is 6.19. The van der Waals surface area contributed by atoms with Crippen molar-refractivity contribution in [1.29, 1.82) is 0 Å². The lowest BCUT2D eigenvalue weighted by molar-refractivity contribution is -0.126. The third-order valence-electron chi connectivity index (χ3n) is 5.43. The molecule has 2 aliphatic heterocycles. The lowest BCUT2D eigenvalue weighted by Crippen LogP contribution is -2.45. The number of anilines is 2. The lowest BCUT2D eigenvalue weighted by Gasteiger charge is -2.25. The predicted molar refractivity (Wildman–Crippen MR) is 119 cm³/mol. The van der Waals surface area contributed by atoms with Crippen molar-refractivity contribution in [3.05, 3.63) is 34.8 Å². The van der Waals surface area contributed by atoms with Gasteiger partial charge in [0.15, 0.2) is 5.13 Å². The van der Waals surface area contributed by atoms with Gasteiger partial charge in [-0.05, 0) is 19.1 Å². The van der Waals surface area contributed by atoms with Gasteiger partial charge in [0, 0.05) is 37.8 Å². The van der Waals surface area contributed by atoms with E-state index in [1.807, 2.05) is 0 Å². The lowest BCUT2D eigenvalue weighted by atomic mass is 10.1. The van der Waals surface area contributed by atoms with Crippen molar-refractivity contribution in [2.24, 2.45) is 5.92 Å². The summed E-state index contributed by atoms with van der Waals surface area (Å²) in [5.74, 6) is -0.931. The first-order valence-electron chi connectivity index (χ1n) is 10.3. The molecule has 1 atom stereocenters. The number of nitrogens with zero attached hydrogens (tertiary/aromatic N) is 3. The Kier molecular flexibility index (Phi) is 6.56. The molecule has 0 bridgehead atoms. The summed E-state index contributed by atoms with van der Waals surface area (Å²) in [5, 5.41) is 0.762. The summed E-state index contributed by atoms with van der Waals surface area (Å²) >= 11 is 1.28. The molecule has 1 aromatic carbocycles. The number of ether oxygens (including phenoxy) is 2. The second kappa shape index (κ2) is 9.53. The fourth-order valence-corrected chi connectivity index (χ4v) is 4.68. The Bertz CT molecular complexity index is 1020. The summed E-state index contributed by atoms with van der Waals surface area (Å²) in [6.07, 6.45) is 0.0691. The van der Waals surface area contributed by atoms with Gasteiger partial charge in [-0.1, -0.05) is 17.4 Å². The fraction of sp³-hybridized carbons (Fsp3) is 0.429. The van der Waals surface area contributed by atoms with E-state index in [0.29, 0.717) is 35.2 Å². The molecular weight excluding hydrogens is 434 g/mol. The number of hydrogen-bond donors (Lipinski definition) is 2. The van der Waals surface area contributed by atoms with E-state index in [0.717, 1.165) is 18.2 Å². The number of carbonyl (C=O) groups is 3. The second-order valence-corrected chi connectivity index (χ2v) is 8.54. The van der Waals surface area contributed by atoms with Gasteiger partial charge in [0.25, 0.3) is 5.91 Å². The first-order valence-corrected chi connectivity index (χ1v) is 11.1. The SMILES string of the molecule is COc1cccc(N2CC(C(=O)NNC(=O)c3sc(N4CCOCC4)nc3C)CC2=O)c1. The van der Waals surface area contributed by atoms with Gasteiger partial charge in [-0.3, -0.25) is 25.2 Å². The van der Waals surface area contributed by atoms with Crippen molar-refractivity contribution in [2.75, 3.05) is 49.8 Å². The highest BCUT2D eigenvalue weighted by Gasteiger charge is 2.35. The van der Waals surface area contributed by atoms with E-state index < -0.39 is 17.7 Å². The maximum Gasteiger partial charge on any atom is 0.281 e. The first kappa shape index (κ1) is 22.0. The third-order valence-corrected chi connectivity index (χ3v) is 6.65. The number of aromatic nitrogens is 1. The van der Waals surface area contributed by atoms with Crippen LogP contribution in [0.25, 0.3) is 0 Å². The average molecular weight is 460 g/mol. The summed E-state index contributed by atoms with van der Waals surface area (Å²) in [6.45, 7) is 4.70. The van der Waals surface area contributed by atoms with Crippen LogP contribution in [0.2, 0.25) is 0 Å². The van der Waals surface area contributed by atoms with Crippen LogP contribution in [0, 0.1) is 12.8 Å². The zero-order chi connectivity index (χ0) is 22.7. The maximum absolute atomic E-state index is 12.6. The van der Waals surface area contributed by atoms with E-state index in [1.54, 1.807) is 43.2 Å². The highest BCUT2D eigenvalue weighted by Crippen LogP contribution is 2.28. The largest absolute Gasteiger partial charge is 0.497 e. The van der Waals surface area contributed by atoms with Crippen LogP contribution in [0.1, 0.15) is 21.8 Å². The fourth-order valence-electron chi connectivity index (χ4n) is 3.67. The molecule has 170 valence electrons. The summed E-state index contributed by atoms with van der Waals surface area (Å²) in [4.78, 5) is 46.2. The van der Waals surface area contributed by atoms with Crippen LogP contribution in [0.15, 0.2) is 24.3 Å². The third kappa shape index (κ3) is 4.68. The van der Waals surface area contributed by atoms with E-state index >= 15 is 0 Å². The molecule has 1 aromatic heterocycles.